The van der Waals surface area contributed by atoms with Crippen molar-refractivity contribution < 1.29 is 19.1 Å². The van der Waals surface area contributed by atoms with Gasteiger partial charge in [0.2, 0.25) is 0 Å². The normalized spacial score (nSPS) is 11.6. The van der Waals surface area contributed by atoms with Crippen molar-refractivity contribution in [1.29, 1.82) is 0 Å². The van der Waals surface area contributed by atoms with Crippen LogP contribution in [0.5, 0.6) is 0 Å². The SMILES string of the molecule is CCCCCCCCCCCOC(=O)CCCCCN(CCCCCCCC(=O)OC(CCCCCCCC)CCCCCCCC)CCn1cc(-c2ccccc2)nn1. The first-order chi connectivity index (χ1) is 29.5. The molecule has 2 rings (SSSR count). The highest BCUT2D eigenvalue weighted by Crippen LogP contribution is 2.19. The topological polar surface area (TPSA) is 86.5 Å². The number of esters is 2. The summed E-state index contributed by atoms with van der Waals surface area (Å²) in [6.45, 7) is 11.1. The molecule has 1 aromatic heterocycles. The third-order valence-corrected chi connectivity index (χ3v) is 12.0. The molecule has 0 spiro atoms. The van der Waals surface area contributed by atoms with E-state index in [1.165, 1.54) is 122 Å². The van der Waals surface area contributed by atoms with Crippen LogP contribution in [0.15, 0.2) is 36.5 Å². The third kappa shape index (κ3) is 30.3. The smallest absolute Gasteiger partial charge is 0.306 e. The Hall–Kier alpha value is -2.74. The van der Waals surface area contributed by atoms with Crippen LogP contribution in [0.1, 0.15) is 233 Å². The molecular weight excluding hydrogens is 745 g/mol. The monoisotopic (exact) mass is 837 g/mol. The van der Waals surface area contributed by atoms with Gasteiger partial charge in [-0.1, -0.05) is 198 Å². The van der Waals surface area contributed by atoms with Crippen LogP contribution in [-0.4, -0.2) is 64.2 Å². The Balaban J connectivity index is 1.68. The molecule has 0 aliphatic carbocycles. The number of carbonyl (C=O) groups is 2. The maximum atomic E-state index is 12.9. The van der Waals surface area contributed by atoms with E-state index in [9.17, 15) is 9.59 Å². The van der Waals surface area contributed by atoms with Crippen molar-refractivity contribution in [2.45, 2.75) is 245 Å². The molecule has 1 heterocycles. The van der Waals surface area contributed by atoms with E-state index in [4.69, 9.17) is 9.47 Å². The van der Waals surface area contributed by atoms with Crippen molar-refractivity contribution in [2.75, 3.05) is 26.2 Å². The molecule has 0 fully saturated rings. The quantitative estimate of drug-likeness (QED) is 0.0486. The number of aromatic nitrogens is 3. The zero-order chi connectivity index (χ0) is 43.0. The Morgan fingerprint density at radius 3 is 1.58 bits per heavy atom. The highest BCUT2D eigenvalue weighted by atomic mass is 16.5. The van der Waals surface area contributed by atoms with Crippen LogP contribution >= 0.6 is 0 Å². The van der Waals surface area contributed by atoms with Gasteiger partial charge in [0, 0.05) is 24.9 Å². The summed E-state index contributed by atoms with van der Waals surface area (Å²) >= 11 is 0. The van der Waals surface area contributed by atoms with Gasteiger partial charge >= 0.3 is 11.9 Å². The molecule has 2 aromatic rings. The zero-order valence-electron chi connectivity index (χ0n) is 39.3. The summed E-state index contributed by atoms with van der Waals surface area (Å²) in [5.74, 6) is -0.0278. The number of benzene rings is 1. The number of hydrogen-bond donors (Lipinski definition) is 0. The van der Waals surface area contributed by atoms with Crippen LogP contribution in [0.4, 0.5) is 0 Å². The predicted octanol–water partition coefficient (Wildman–Crippen LogP) is 14.6. The van der Waals surface area contributed by atoms with Gasteiger partial charge in [-0.2, -0.15) is 0 Å². The zero-order valence-corrected chi connectivity index (χ0v) is 39.3. The minimum absolute atomic E-state index is 0.0127. The summed E-state index contributed by atoms with van der Waals surface area (Å²) in [5, 5.41) is 8.84. The summed E-state index contributed by atoms with van der Waals surface area (Å²) in [4.78, 5) is 27.8. The molecule has 8 nitrogen and oxygen atoms in total. The van der Waals surface area contributed by atoms with E-state index in [2.05, 4.69) is 48.1 Å². The lowest BCUT2D eigenvalue weighted by atomic mass is 10.0. The lowest BCUT2D eigenvalue weighted by molar-refractivity contribution is -0.150. The van der Waals surface area contributed by atoms with Crippen LogP contribution < -0.4 is 0 Å². The van der Waals surface area contributed by atoms with Gasteiger partial charge in [0.05, 0.1) is 19.3 Å². The summed E-state index contributed by atoms with van der Waals surface area (Å²) < 4.78 is 13.6. The van der Waals surface area contributed by atoms with E-state index in [1.807, 2.05) is 29.1 Å². The Morgan fingerprint density at radius 2 is 1.02 bits per heavy atom. The lowest BCUT2D eigenvalue weighted by Crippen LogP contribution is -2.30. The molecule has 8 heteroatoms. The molecule has 0 saturated heterocycles. The first-order valence-corrected chi connectivity index (χ1v) is 25.6. The fourth-order valence-electron chi connectivity index (χ4n) is 8.13. The average Bonchev–Trinajstić information content (AvgIpc) is 3.74. The van der Waals surface area contributed by atoms with Crippen molar-refractivity contribution in [3.05, 3.63) is 36.5 Å². The lowest BCUT2D eigenvalue weighted by Gasteiger charge is -2.22. The van der Waals surface area contributed by atoms with E-state index in [1.54, 1.807) is 0 Å². The molecule has 0 aliphatic rings. The molecule has 0 aliphatic heterocycles. The molecule has 0 unspecified atom stereocenters. The second-order valence-electron chi connectivity index (χ2n) is 17.7. The van der Waals surface area contributed by atoms with E-state index in [-0.39, 0.29) is 18.0 Å². The fraction of sp³-hybridized carbons (Fsp3) is 0.808. The maximum absolute atomic E-state index is 12.9. The largest absolute Gasteiger partial charge is 0.466 e. The second-order valence-corrected chi connectivity index (χ2v) is 17.7. The minimum Gasteiger partial charge on any atom is -0.466 e. The number of nitrogens with zero attached hydrogens (tertiary/aromatic N) is 4. The van der Waals surface area contributed by atoms with E-state index in [0.717, 1.165) is 114 Å². The standard InChI is InChI=1S/C52H92N4O4/c1-4-7-10-13-16-17-18-24-35-46-59-51(57)40-32-26-34-43-55(44-45-56-47-50(53-54-56)48-36-27-25-28-37-48)42-33-23-19-22-31-41-52(58)60-49(38-29-20-14-11-8-5-2)39-30-21-15-12-9-6-3/h25,27-28,36-37,47,49H,4-24,26,29-35,38-46H2,1-3H3. The van der Waals surface area contributed by atoms with Gasteiger partial charge in [0.15, 0.2) is 0 Å². The number of ether oxygens (including phenoxy) is 2. The Labute approximate surface area is 369 Å². The molecular formula is C52H92N4O4. The van der Waals surface area contributed by atoms with Gasteiger partial charge in [0.1, 0.15) is 11.8 Å². The summed E-state index contributed by atoms with van der Waals surface area (Å²) in [7, 11) is 0. The molecule has 0 amide bonds. The highest BCUT2D eigenvalue weighted by Gasteiger charge is 2.15. The van der Waals surface area contributed by atoms with Crippen molar-refractivity contribution in [3.63, 3.8) is 0 Å². The van der Waals surface area contributed by atoms with Crippen molar-refractivity contribution in [1.82, 2.24) is 19.9 Å². The van der Waals surface area contributed by atoms with Gasteiger partial charge in [-0.05, 0) is 70.9 Å². The molecule has 60 heavy (non-hydrogen) atoms. The summed E-state index contributed by atoms with van der Waals surface area (Å²) in [5.41, 5.74) is 1.99. The summed E-state index contributed by atoms with van der Waals surface area (Å²) in [6.07, 6.45) is 40.5. The molecule has 0 N–H and O–H groups in total. The molecule has 0 radical (unpaired) electrons. The van der Waals surface area contributed by atoms with Gasteiger partial charge in [0.25, 0.3) is 0 Å². The first-order valence-electron chi connectivity index (χ1n) is 25.6. The minimum atomic E-state index is -0.0405. The Morgan fingerprint density at radius 1 is 0.550 bits per heavy atom. The number of carbonyl (C=O) groups excluding carboxylic acids is 2. The van der Waals surface area contributed by atoms with Gasteiger partial charge in [-0.3, -0.25) is 14.3 Å². The third-order valence-electron chi connectivity index (χ3n) is 12.0. The van der Waals surface area contributed by atoms with Crippen molar-refractivity contribution in [3.8, 4) is 11.3 Å². The maximum Gasteiger partial charge on any atom is 0.306 e. The van der Waals surface area contributed by atoms with Crippen LogP contribution in [-0.2, 0) is 25.6 Å². The Bertz CT molecular complexity index is 1240. The van der Waals surface area contributed by atoms with E-state index < -0.39 is 0 Å². The van der Waals surface area contributed by atoms with Gasteiger partial charge < -0.3 is 14.4 Å². The van der Waals surface area contributed by atoms with Crippen LogP contribution in [0, 0.1) is 0 Å². The van der Waals surface area contributed by atoms with Crippen LogP contribution in [0.25, 0.3) is 11.3 Å². The summed E-state index contributed by atoms with van der Waals surface area (Å²) in [6, 6.07) is 10.2. The number of hydrogen-bond acceptors (Lipinski definition) is 7. The van der Waals surface area contributed by atoms with E-state index in [0.29, 0.717) is 19.4 Å². The van der Waals surface area contributed by atoms with Crippen LogP contribution in [0.3, 0.4) is 0 Å². The molecule has 0 saturated carbocycles. The first kappa shape index (κ1) is 53.4. The van der Waals surface area contributed by atoms with Crippen molar-refractivity contribution in [2.24, 2.45) is 0 Å². The van der Waals surface area contributed by atoms with E-state index >= 15 is 0 Å². The average molecular weight is 837 g/mol. The Kier molecular flexibility index (Phi) is 34.8. The fourth-order valence-corrected chi connectivity index (χ4v) is 8.13. The molecule has 1 aromatic carbocycles. The van der Waals surface area contributed by atoms with Crippen molar-refractivity contribution >= 4 is 11.9 Å². The molecule has 344 valence electrons. The second kappa shape index (κ2) is 39.1. The number of rotatable bonds is 43. The number of unbranched alkanes of at least 4 members (excludes halogenated alkanes) is 24. The van der Waals surface area contributed by atoms with Gasteiger partial charge in [-0.15, -0.1) is 5.10 Å². The predicted molar refractivity (Wildman–Crippen MR) is 252 cm³/mol. The van der Waals surface area contributed by atoms with Crippen LogP contribution in [0.2, 0.25) is 0 Å². The highest BCUT2D eigenvalue weighted by molar-refractivity contribution is 5.69. The molecule has 0 atom stereocenters. The molecule has 0 bridgehead atoms. The van der Waals surface area contributed by atoms with Gasteiger partial charge in [-0.25, -0.2) is 0 Å².